The van der Waals surface area contributed by atoms with Gasteiger partial charge in [-0.2, -0.15) is 0 Å². The van der Waals surface area contributed by atoms with E-state index in [1.165, 1.54) is 0 Å². The minimum absolute atomic E-state index is 0.000715. The van der Waals surface area contributed by atoms with Crippen LogP contribution in [0.5, 0.6) is 0 Å². The van der Waals surface area contributed by atoms with E-state index >= 15 is 0 Å². The molecule has 10 atom stereocenters. The summed E-state index contributed by atoms with van der Waals surface area (Å²) in [5, 5.41) is 0. The Bertz CT molecular complexity index is 2640. The number of ether oxygens (including phenoxy) is 11. The highest BCUT2D eigenvalue weighted by molar-refractivity contribution is 5.19. The lowest BCUT2D eigenvalue weighted by atomic mass is 9.96. The van der Waals surface area contributed by atoms with E-state index < -0.39 is 61.4 Å². The first-order valence-electron chi connectivity index (χ1n) is 27.3. The van der Waals surface area contributed by atoms with Crippen LogP contribution < -0.4 is 0 Å². The van der Waals surface area contributed by atoms with Gasteiger partial charge >= 0.3 is 0 Å². The Morgan fingerprint density at radius 2 is 0.571 bits per heavy atom. The van der Waals surface area contributed by atoms with Gasteiger partial charge in [-0.15, -0.1) is 0 Å². The van der Waals surface area contributed by atoms with Crippen molar-refractivity contribution in [2.24, 2.45) is 0 Å². The molecule has 11 heteroatoms. The summed E-state index contributed by atoms with van der Waals surface area (Å²) >= 11 is 0. The summed E-state index contributed by atoms with van der Waals surface area (Å²) in [7, 11) is 0. The van der Waals surface area contributed by atoms with Crippen LogP contribution in [0.3, 0.4) is 0 Å². The summed E-state index contributed by atoms with van der Waals surface area (Å²) in [6.07, 6.45) is -4.55. The standard InChI is InChI=1S/C66H74O11/c1-2-3-25-40-68-65-63(73-46-55-36-21-9-22-37-55)62(72-45-54-34-19-8-20-35-54)60(70-43-52-30-15-6-16-31-52)58(77-65)49-75-66-64(74-47-56-38-23-10-24-39-56)61(71-44-53-32-17-7-18-33-53)59(69-42-51-28-13-5-14-29-51)57(76-66)48-67-41-50-26-11-4-12-27-50/h4-24,26-39,57-66H,2-3,25,40-49H2,1H3/t57-,58-,59-,60-,61+,62+,63-,64-,65-,66+/m1/s1. The van der Waals surface area contributed by atoms with E-state index in [0.717, 1.165) is 58.2 Å². The third kappa shape index (κ3) is 17.3. The molecule has 0 radical (unpaired) electrons. The lowest BCUT2D eigenvalue weighted by Crippen LogP contribution is -2.64. The number of unbranched alkanes of at least 4 members (excludes halogenated alkanes) is 2. The Hall–Kier alpha value is -5.90. The molecule has 9 rings (SSSR count). The van der Waals surface area contributed by atoms with Crippen molar-refractivity contribution in [3.05, 3.63) is 251 Å². The van der Waals surface area contributed by atoms with Gasteiger partial charge in [-0.3, -0.25) is 0 Å². The first kappa shape index (κ1) is 55.8. The summed E-state index contributed by atoms with van der Waals surface area (Å²) < 4.78 is 76.7. The number of benzene rings is 7. The Kier molecular flexibility index (Phi) is 22.4. The summed E-state index contributed by atoms with van der Waals surface area (Å²) in [4.78, 5) is 0. The Balaban J connectivity index is 1.07. The van der Waals surface area contributed by atoms with Crippen LogP contribution in [-0.2, 0) is 98.4 Å². The normalized spacial score (nSPS) is 23.4. The first-order valence-corrected chi connectivity index (χ1v) is 27.3. The lowest BCUT2D eigenvalue weighted by Gasteiger charge is -2.48. The van der Waals surface area contributed by atoms with Crippen LogP contribution in [0, 0.1) is 0 Å². The fraction of sp³-hybridized carbons (Fsp3) is 0.364. The van der Waals surface area contributed by atoms with Gasteiger partial charge in [-0.05, 0) is 45.4 Å². The first-order chi connectivity index (χ1) is 38.2. The van der Waals surface area contributed by atoms with Crippen molar-refractivity contribution in [2.75, 3.05) is 19.8 Å². The second-order valence-corrected chi connectivity index (χ2v) is 19.6. The second-order valence-electron chi connectivity index (χ2n) is 19.6. The van der Waals surface area contributed by atoms with Crippen LogP contribution in [0.25, 0.3) is 0 Å². The van der Waals surface area contributed by atoms with Crippen LogP contribution in [0.4, 0.5) is 0 Å². The van der Waals surface area contributed by atoms with E-state index in [-0.39, 0.29) is 33.0 Å². The average molecular weight is 1040 g/mol. The predicted octanol–water partition coefficient (Wildman–Crippen LogP) is 12.4. The zero-order valence-electron chi connectivity index (χ0n) is 44.2. The van der Waals surface area contributed by atoms with E-state index in [1.54, 1.807) is 0 Å². The molecule has 2 saturated heterocycles. The third-order valence-corrected chi connectivity index (χ3v) is 13.7. The molecule has 11 nitrogen and oxygen atoms in total. The molecule has 0 spiro atoms. The molecule has 0 bridgehead atoms. The number of hydrogen-bond acceptors (Lipinski definition) is 11. The van der Waals surface area contributed by atoms with Crippen molar-refractivity contribution in [1.82, 2.24) is 0 Å². The topological polar surface area (TPSA) is 102 Å². The highest BCUT2D eigenvalue weighted by Gasteiger charge is 2.52. The van der Waals surface area contributed by atoms with Gasteiger partial charge in [0, 0.05) is 6.61 Å². The Morgan fingerprint density at radius 1 is 0.286 bits per heavy atom. The maximum Gasteiger partial charge on any atom is 0.187 e. The molecular weight excluding hydrogens is 969 g/mol. The van der Waals surface area contributed by atoms with Crippen LogP contribution in [-0.4, -0.2) is 81.2 Å². The zero-order chi connectivity index (χ0) is 52.5. The average Bonchev–Trinajstić information content (AvgIpc) is 3.50. The van der Waals surface area contributed by atoms with E-state index in [0.29, 0.717) is 33.0 Å². The molecule has 0 aromatic heterocycles. The van der Waals surface area contributed by atoms with Gasteiger partial charge in [0.05, 0.1) is 59.5 Å². The third-order valence-electron chi connectivity index (χ3n) is 13.7. The van der Waals surface area contributed by atoms with Crippen LogP contribution in [0.1, 0.15) is 65.1 Å². The number of hydrogen-bond donors (Lipinski definition) is 0. The highest BCUT2D eigenvalue weighted by atomic mass is 16.8. The molecule has 2 heterocycles. The van der Waals surface area contributed by atoms with Gasteiger partial charge in [-0.1, -0.05) is 232 Å². The van der Waals surface area contributed by atoms with Crippen molar-refractivity contribution in [2.45, 2.75) is 134 Å². The predicted molar refractivity (Wildman–Crippen MR) is 295 cm³/mol. The molecule has 2 fully saturated rings. The highest BCUT2D eigenvalue weighted by Crippen LogP contribution is 2.35. The molecule has 7 aromatic carbocycles. The van der Waals surface area contributed by atoms with Gasteiger partial charge in [0.25, 0.3) is 0 Å². The minimum atomic E-state index is -1.00. The Labute approximate surface area is 455 Å². The largest absolute Gasteiger partial charge is 0.374 e. The van der Waals surface area contributed by atoms with E-state index in [1.807, 2.05) is 152 Å². The molecule has 0 aliphatic carbocycles. The minimum Gasteiger partial charge on any atom is -0.374 e. The molecule has 0 N–H and O–H groups in total. The monoisotopic (exact) mass is 1040 g/mol. The maximum absolute atomic E-state index is 7.17. The molecule has 0 amide bonds. The van der Waals surface area contributed by atoms with Crippen molar-refractivity contribution < 1.29 is 52.1 Å². The molecule has 0 saturated carbocycles. The summed E-state index contributed by atoms with van der Waals surface area (Å²) in [6.45, 7) is 4.93. The van der Waals surface area contributed by atoms with Crippen LogP contribution >= 0.6 is 0 Å². The lowest BCUT2D eigenvalue weighted by molar-refractivity contribution is -0.353. The van der Waals surface area contributed by atoms with Gasteiger partial charge in [-0.25, -0.2) is 0 Å². The number of rotatable bonds is 30. The van der Waals surface area contributed by atoms with Gasteiger partial charge in [0.2, 0.25) is 0 Å². The van der Waals surface area contributed by atoms with Crippen LogP contribution in [0.15, 0.2) is 212 Å². The van der Waals surface area contributed by atoms with Crippen molar-refractivity contribution >= 4 is 0 Å². The van der Waals surface area contributed by atoms with Crippen molar-refractivity contribution in [3.63, 3.8) is 0 Å². The van der Waals surface area contributed by atoms with E-state index in [4.69, 9.17) is 52.1 Å². The Morgan fingerprint density at radius 3 is 0.909 bits per heavy atom. The molecule has 2 aliphatic rings. The second kappa shape index (κ2) is 30.9. The fourth-order valence-corrected chi connectivity index (χ4v) is 9.64. The van der Waals surface area contributed by atoms with Gasteiger partial charge < -0.3 is 52.1 Å². The SMILES string of the molecule is CCCCCO[C@@H]1O[C@H](CO[C@H]2O[C@H](COCc3ccccc3)[C@@H](OCc3ccccc3)[C@H](OCc3ccccc3)[C@H]2OCc2ccccc2)[C@@H](OCc2ccccc2)[C@H](OCc2ccccc2)[C@H]1OCc1ccccc1. The van der Waals surface area contributed by atoms with E-state index in [2.05, 4.69) is 67.6 Å². The summed E-state index contributed by atoms with van der Waals surface area (Å²) in [6, 6.07) is 70.8. The molecule has 77 heavy (non-hydrogen) atoms. The summed E-state index contributed by atoms with van der Waals surface area (Å²) in [5.74, 6) is 0. The van der Waals surface area contributed by atoms with Gasteiger partial charge in [0.15, 0.2) is 12.6 Å². The van der Waals surface area contributed by atoms with Crippen molar-refractivity contribution in [1.29, 1.82) is 0 Å². The molecule has 404 valence electrons. The quantitative estimate of drug-likeness (QED) is 0.0402. The molecule has 7 aromatic rings. The van der Waals surface area contributed by atoms with Crippen LogP contribution in [0.2, 0.25) is 0 Å². The van der Waals surface area contributed by atoms with E-state index in [9.17, 15) is 0 Å². The van der Waals surface area contributed by atoms with Gasteiger partial charge in [0.1, 0.15) is 48.8 Å². The smallest absolute Gasteiger partial charge is 0.187 e. The zero-order valence-corrected chi connectivity index (χ0v) is 44.2. The fourth-order valence-electron chi connectivity index (χ4n) is 9.64. The maximum atomic E-state index is 7.17. The molecule has 2 aliphatic heterocycles. The summed E-state index contributed by atoms with van der Waals surface area (Å²) in [5.41, 5.74) is 7.05. The van der Waals surface area contributed by atoms with Crippen molar-refractivity contribution in [3.8, 4) is 0 Å². The molecular formula is C66H74O11. The molecule has 0 unspecified atom stereocenters.